The molecule has 0 saturated heterocycles. The number of anilines is 1. The second kappa shape index (κ2) is 6.05. The maximum absolute atomic E-state index is 12.8. The minimum atomic E-state index is -0.410. The van der Waals surface area contributed by atoms with Crippen molar-refractivity contribution in [3.05, 3.63) is 54.5 Å². The van der Waals surface area contributed by atoms with Crippen LogP contribution in [0.4, 0.5) is 5.69 Å². The Labute approximate surface area is 128 Å². The van der Waals surface area contributed by atoms with Crippen LogP contribution in [0, 0.1) is 5.92 Å². The van der Waals surface area contributed by atoms with Crippen LogP contribution in [0.15, 0.2) is 53.1 Å². The quantitative estimate of drug-likeness (QED) is 0.889. The molecule has 0 radical (unpaired) electrons. The van der Waals surface area contributed by atoms with E-state index in [1.807, 2.05) is 42.5 Å². The Morgan fingerprint density at radius 1 is 1.18 bits per heavy atom. The Bertz CT molecular complexity index is 652. The number of hydrogen-bond donors (Lipinski definition) is 1. The number of rotatable bonds is 6. The van der Waals surface area contributed by atoms with Crippen molar-refractivity contribution >= 4 is 17.5 Å². The first-order valence-corrected chi connectivity index (χ1v) is 7.35. The molecule has 2 aromatic rings. The highest BCUT2D eigenvalue weighted by atomic mass is 16.3. The topological polar surface area (TPSA) is 76.5 Å². The third kappa shape index (κ3) is 3.03. The van der Waals surface area contributed by atoms with Gasteiger partial charge in [0.05, 0.1) is 6.26 Å². The van der Waals surface area contributed by atoms with Crippen molar-refractivity contribution in [2.24, 2.45) is 11.7 Å². The lowest BCUT2D eigenvalue weighted by Crippen LogP contribution is -2.35. The van der Waals surface area contributed by atoms with E-state index in [1.54, 1.807) is 11.2 Å². The van der Waals surface area contributed by atoms with Gasteiger partial charge in [0.1, 0.15) is 5.76 Å². The summed E-state index contributed by atoms with van der Waals surface area (Å²) in [6.45, 7) is 0.305. The van der Waals surface area contributed by atoms with Crippen molar-refractivity contribution < 1.29 is 14.0 Å². The van der Waals surface area contributed by atoms with Crippen LogP contribution in [0.5, 0.6) is 0 Å². The fourth-order valence-corrected chi connectivity index (χ4v) is 2.68. The van der Waals surface area contributed by atoms with Crippen LogP contribution in [0.25, 0.3) is 0 Å². The van der Waals surface area contributed by atoms with Gasteiger partial charge in [-0.15, -0.1) is 0 Å². The average molecular weight is 298 g/mol. The molecule has 114 valence electrons. The zero-order chi connectivity index (χ0) is 15.5. The molecule has 5 heteroatoms. The molecule has 1 aliphatic rings. The van der Waals surface area contributed by atoms with Gasteiger partial charge in [-0.1, -0.05) is 18.2 Å². The van der Waals surface area contributed by atoms with E-state index in [0.29, 0.717) is 6.54 Å². The van der Waals surface area contributed by atoms with Gasteiger partial charge in [-0.05, 0) is 30.7 Å². The van der Waals surface area contributed by atoms with E-state index in [4.69, 9.17) is 10.2 Å². The van der Waals surface area contributed by atoms with Gasteiger partial charge in [-0.25, -0.2) is 0 Å². The SMILES string of the molecule is NC(=O)CCN(C(=O)[C@@H]1C[C@H]1c1ccco1)c1ccccc1. The number of benzene rings is 1. The Morgan fingerprint density at radius 3 is 2.59 bits per heavy atom. The van der Waals surface area contributed by atoms with Gasteiger partial charge in [0, 0.05) is 30.5 Å². The Kier molecular flexibility index (Phi) is 3.96. The number of para-hydroxylation sites is 1. The summed E-state index contributed by atoms with van der Waals surface area (Å²) in [4.78, 5) is 25.5. The molecule has 2 atom stereocenters. The van der Waals surface area contributed by atoms with Crippen LogP contribution < -0.4 is 10.6 Å². The van der Waals surface area contributed by atoms with Crippen LogP contribution in [-0.2, 0) is 9.59 Å². The molecule has 1 heterocycles. The van der Waals surface area contributed by atoms with Crippen LogP contribution in [0.3, 0.4) is 0 Å². The van der Waals surface area contributed by atoms with Gasteiger partial charge in [-0.3, -0.25) is 9.59 Å². The number of amides is 2. The summed E-state index contributed by atoms with van der Waals surface area (Å²) in [5.41, 5.74) is 6.01. The monoisotopic (exact) mass is 298 g/mol. The lowest BCUT2D eigenvalue weighted by Gasteiger charge is -2.22. The molecule has 0 bridgehead atoms. The molecule has 1 aliphatic carbocycles. The molecule has 22 heavy (non-hydrogen) atoms. The molecule has 1 aromatic heterocycles. The standard InChI is InChI=1S/C17H18N2O3/c18-16(20)8-9-19(12-5-2-1-3-6-12)17(21)14-11-13(14)15-7-4-10-22-15/h1-7,10,13-14H,8-9,11H2,(H2,18,20)/t13-,14-/m1/s1. The molecule has 0 unspecified atom stereocenters. The number of carbonyl (C=O) groups excluding carboxylic acids is 2. The van der Waals surface area contributed by atoms with Crippen molar-refractivity contribution in [3.63, 3.8) is 0 Å². The molecule has 1 aromatic carbocycles. The molecule has 2 N–H and O–H groups in total. The summed E-state index contributed by atoms with van der Waals surface area (Å²) in [6.07, 6.45) is 2.56. The van der Waals surface area contributed by atoms with Crippen molar-refractivity contribution in [2.75, 3.05) is 11.4 Å². The highest BCUT2D eigenvalue weighted by molar-refractivity contribution is 5.97. The zero-order valence-electron chi connectivity index (χ0n) is 12.1. The molecular weight excluding hydrogens is 280 g/mol. The van der Waals surface area contributed by atoms with Crippen LogP contribution in [-0.4, -0.2) is 18.4 Å². The predicted octanol–water partition coefficient (Wildman–Crippen LogP) is 2.29. The Hall–Kier alpha value is -2.56. The van der Waals surface area contributed by atoms with Gasteiger partial charge in [0.2, 0.25) is 11.8 Å². The van der Waals surface area contributed by atoms with Gasteiger partial charge in [0.25, 0.3) is 0 Å². The number of nitrogens with two attached hydrogens (primary N) is 1. The lowest BCUT2D eigenvalue weighted by atomic mass is 10.2. The summed E-state index contributed by atoms with van der Waals surface area (Å²) < 4.78 is 5.38. The third-order valence-electron chi connectivity index (χ3n) is 3.93. The summed E-state index contributed by atoms with van der Waals surface area (Å²) in [7, 11) is 0. The summed E-state index contributed by atoms with van der Waals surface area (Å²) in [5, 5.41) is 0. The second-order valence-corrected chi connectivity index (χ2v) is 5.51. The Morgan fingerprint density at radius 2 is 1.95 bits per heavy atom. The molecule has 1 fully saturated rings. The van der Waals surface area contributed by atoms with E-state index < -0.39 is 5.91 Å². The van der Waals surface area contributed by atoms with Crippen molar-refractivity contribution in [1.82, 2.24) is 0 Å². The maximum Gasteiger partial charge on any atom is 0.230 e. The Balaban J connectivity index is 1.74. The van der Waals surface area contributed by atoms with E-state index in [9.17, 15) is 9.59 Å². The zero-order valence-corrected chi connectivity index (χ0v) is 12.1. The van der Waals surface area contributed by atoms with E-state index in [2.05, 4.69) is 0 Å². The molecule has 2 amide bonds. The maximum atomic E-state index is 12.8. The lowest BCUT2D eigenvalue weighted by molar-refractivity contribution is -0.120. The number of carbonyl (C=O) groups is 2. The molecular formula is C17H18N2O3. The van der Waals surface area contributed by atoms with Crippen LogP contribution in [0.2, 0.25) is 0 Å². The fourth-order valence-electron chi connectivity index (χ4n) is 2.68. The highest BCUT2D eigenvalue weighted by Gasteiger charge is 2.47. The number of nitrogens with zero attached hydrogens (tertiary/aromatic N) is 1. The number of hydrogen-bond acceptors (Lipinski definition) is 3. The van der Waals surface area contributed by atoms with Crippen molar-refractivity contribution in [3.8, 4) is 0 Å². The van der Waals surface area contributed by atoms with E-state index in [-0.39, 0.29) is 24.2 Å². The molecule has 3 rings (SSSR count). The van der Waals surface area contributed by atoms with Gasteiger partial charge in [-0.2, -0.15) is 0 Å². The second-order valence-electron chi connectivity index (χ2n) is 5.51. The summed E-state index contributed by atoms with van der Waals surface area (Å²) in [6, 6.07) is 13.1. The molecule has 1 saturated carbocycles. The first-order chi connectivity index (χ1) is 10.7. The van der Waals surface area contributed by atoms with Gasteiger partial charge >= 0.3 is 0 Å². The number of furan rings is 1. The summed E-state index contributed by atoms with van der Waals surface area (Å²) >= 11 is 0. The first kappa shape index (κ1) is 14.4. The molecule has 0 spiro atoms. The minimum absolute atomic E-state index is 0.0221. The van der Waals surface area contributed by atoms with Crippen molar-refractivity contribution in [2.45, 2.75) is 18.8 Å². The number of primary amides is 1. The smallest absolute Gasteiger partial charge is 0.230 e. The average Bonchev–Trinajstić information content (AvgIpc) is 3.13. The molecule has 0 aliphatic heterocycles. The third-order valence-corrected chi connectivity index (χ3v) is 3.93. The van der Waals surface area contributed by atoms with E-state index in [0.717, 1.165) is 17.9 Å². The van der Waals surface area contributed by atoms with E-state index >= 15 is 0 Å². The van der Waals surface area contributed by atoms with Gasteiger partial charge < -0.3 is 15.1 Å². The fraction of sp³-hybridized carbons (Fsp3) is 0.294. The first-order valence-electron chi connectivity index (χ1n) is 7.35. The minimum Gasteiger partial charge on any atom is -0.469 e. The molecule has 5 nitrogen and oxygen atoms in total. The largest absolute Gasteiger partial charge is 0.469 e. The van der Waals surface area contributed by atoms with Gasteiger partial charge in [0.15, 0.2) is 0 Å². The van der Waals surface area contributed by atoms with E-state index in [1.165, 1.54) is 0 Å². The van der Waals surface area contributed by atoms with Crippen LogP contribution in [0.1, 0.15) is 24.5 Å². The van der Waals surface area contributed by atoms with Crippen molar-refractivity contribution in [1.29, 1.82) is 0 Å². The normalized spacial score (nSPS) is 19.6. The predicted molar refractivity (Wildman–Crippen MR) is 82.2 cm³/mol. The highest BCUT2D eigenvalue weighted by Crippen LogP contribution is 2.49. The van der Waals surface area contributed by atoms with Crippen LogP contribution >= 0.6 is 0 Å². The summed E-state index contributed by atoms with van der Waals surface area (Å²) in [5.74, 6) is 0.517.